The van der Waals surface area contributed by atoms with Crippen molar-refractivity contribution in [2.45, 2.75) is 18.5 Å². The van der Waals surface area contributed by atoms with E-state index in [9.17, 15) is 0 Å². The van der Waals surface area contributed by atoms with Gasteiger partial charge in [0.25, 0.3) is 0 Å². The Balaban J connectivity index is 1.79. The number of piperazine rings is 1. The number of fused-ring (bicyclic) bond motifs is 2. The van der Waals surface area contributed by atoms with E-state index in [0.29, 0.717) is 12.1 Å². The van der Waals surface area contributed by atoms with Gasteiger partial charge in [0.1, 0.15) is 0 Å². The topological polar surface area (TPSA) is 41.1 Å². The molecule has 0 aliphatic carbocycles. The molecule has 0 radical (unpaired) electrons. The normalized spacial score (nSPS) is 31.6. The number of hydrogen-bond acceptors (Lipinski definition) is 5. The monoisotopic (exact) mass is 260 g/mol. The second-order valence-electron chi connectivity index (χ2n) is 3.54. The second-order valence-corrected chi connectivity index (χ2v) is 5.77. The molecule has 3 saturated heterocycles. The summed E-state index contributed by atoms with van der Waals surface area (Å²) >= 11 is 4.94. The van der Waals surface area contributed by atoms with Gasteiger partial charge in [0, 0.05) is 25.2 Å². The highest BCUT2D eigenvalue weighted by molar-refractivity contribution is 9.11. The number of anilines is 1. The molecule has 0 amide bonds. The Labute approximate surface area is 88.5 Å². The Bertz CT molecular complexity index is 312. The van der Waals surface area contributed by atoms with Crippen molar-refractivity contribution in [1.29, 1.82) is 0 Å². The average Bonchev–Trinajstić information content (AvgIpc) is 2.51. The smallest absolute Gasteiger partial charge is 0.209 e. The van der Waals surface area contributed by atoms with Gasteiger partial charge in [-0.25, -0.2) is 0 Å². The van der Waals surface area contributed by atoms with Crippen molar-refractivity contribution in [2.24, 2.45) is 0 Å². The fourth-order valence-corrected chi connectivity index (χ4v) is 3.10. The minimum Gasteiger partial charge on any atom is -0.344 e. The molecule has 13 heavy (non-hydrogen) atoms. The van der Waals surface area contributed by atoms with Gasteiger partial charge in [-0.1, -0.05) is 11.3 Å². The van der Waals surface area contributed by atoms with Gasteiger partial charge in [-0.15, -0.1) is 10.2 Å². The van der Waals surface area contributed by atoms with E-state index in [-0.39, 0.29) is 0 Å². The third kappa shape index (κ3) is 1.37. The molecule has 3 aliphatic heterocycles. The zero-order chi connectivity index (χ0) is 8.84. The zero-order valence-electron chi connectivity index (χ0n) is 6.90. The van der Waals surface area contributed by atoms with E-state index in [4.69, 9.17) is 0 Å². The molecule has 1 N–H and O–H groups in total. The van der Waals surface area contributed by atoms with Crippen molar-refractivity contribution < 1.29 is 0 Å². The van der Waals surface area contributed by atoms with E-state index in [1.807, 2.05) is 0 Å². The van der Waals surface area contributed by atoms with Crippen LogP contribution in [0.25, 0.3) is 0 Å². The summed E-state index contributed by atoms with van der Waals surface area (Å²) in [6, 6.07) is 1.36. The summed E-state index contributed by atoms with van der Waals surface area (Å²) in [6.07, 6.45) is 1.33. The molecule has 4 heterocycles. The molecule has 0 spiro atoms. The highest BCUT2D eigenvalue weighted by Gasteiger charge is 2.37. The summed E-state index contributed by atoms with van der Waals surface area (Å²) in [5.74, 6) is 0. The van der Waals surface area contributed by atoms with Crippen LogP contribution in [0.15, 0.2) is 3.92 Å². The molecule has 2 atom stereocenters. The van der Waals surface area contributed by atoms with Crippen molar-refractivity contribution in [3.05, 3.63) is 3.92 Å². The molecule has 4 rings (SSSR count). The van der Waals surface area contributed by atoms with E-state index in [0.717, 1.165) is 22.1 Å². The van der Waals surface area contributed by atoms with Crippen molar-refractivity contribution in [1.82, 2.24) is 15.5 Å². The molecular weight excluding hydrogens is 252 g/mol. The van der Waals surface area contributed by atoms with Crippen molar-refractivity contribution in [3.63, 3.8) is 0 Å². The van der Waals surface area contributed by atoms with Crippen LogP contribution >= 0.6 is 27.3 Å². The Morgan fingerprint density at radius 3 is 2.62 bits per heavy atom. The lowest BCUT2D eigenvalue weighted by Crippen LogP contribution is -2.67. The molecule has 1 aromatic heterocycles. The van der Waals surface area contributed by atoms with Gasteiger partial charge in [0.2, 0.25) is 5.13 Å². The Kier molecular flexibility index (Phi) is 1.81. The first-order chi connectivity index (χ1) is 6.31. The molecule has 0 saturated carbocycles. The number of halogens is 1. The molecule has 70 valence electrons. The molecule has 1 aromatic rings. The van der Waals surface area contributed by atoms with E-state index >= 15 is 0 Å². The maximum Gasteiger partial charge on any atom is 0.209 e. The Morgan fingerprint density at radius 1 is 1.38 bits per heavy atom. The molecule has 3 aliphatic rings. The van der Waals surface area contributed by atoms with Crippen LogP contribution in [0.1, 0.15) is 6.42 Å². The molecule has 0 aromatic carbocycles. The predicted molar refractivity (Wildman–Crippen MR) is 55.2 cm³/mol. The molecule has 4 nitrogen and oxygen atoms in total. The summed E-state index contributed by atoms with van der Waals surface area (Å²) in [5, 5.41) is 12.6. The van der Waals surface area contributed by atoms with Gasteiger partial charge in [0.05, 0.1) is 0 Å². The van der Waals surface area contributed by atoms with Gasteiger partial charge in [-0.2, -0.15) is 0 Å². The first kappa shape index (κ1) is 8.14. The third-order valence-electron chi connectivity index (χ3n) is 2.58. The average molecular weight is 261 g/mol. The maximum absolute atomic E-state index is 4.11. The second kappa shape index (κ2) is 2.90. The number of hydrogen-bond donors (Lipinski definition) is 1. The summed E-state index contributed by atoms with van der Waals surface area (Å²) in [7, 11) is 0. The molecule has 6 heteroatoms. The standard InChI is InChI=1S/C7H9BrN4S/c8-6-10-11-7(13-6)12-2-4-1-5(3-12)9-4/h4-5,9H,1-3H2. The highest BCUT2D eigenvalue weighted by atomic mass is 79.9. The number of aromatic nitrogens is 2. The number of piperidine rings is 1. The van der Waals surface area contributed by atoms with Gasteiger partial charge in [-0.05, 0) is 22.4 Å². The summed E-state index contributed by atoms with van der Waals surface area (Å²) in [6.45, 7) is 2.16. The van der Waals surface area contributed by atoms with Gasteiger partial charge in [-0.3, -0.25) is 0 Å². The lowest BCUT2D eigenvalue weighted by Gasteiger charge is -2.48. The van der Waals surface area contributed by atoms with E-state index in [2.05, 4.69) is 36.3 Å². The third-order valence-corrected chi connectivity index (χ3v) is 4.00. The largest absolute Gasteiger partial charge is 0.344 e. The van der Waals surface area contributed by atoms with E-state index in [1.54, 1.807) is 11.3 Å². The fourth-order valence-electron chi connectivity index (χ4n) is 2.00. The quantitative estimate of drug-likeness (QED) is 0.813. The van der Waals surface area contributed by atoms with Crippen molar-refractivity contribution in [2.75, 3.05) is 18.0 Å². The number of nitrogens with one attached hydrogen (secondary N) is 1. The Morgan fingerprint density at radius 2 is 2.08 bits per heavy atom. The van der Waals surface area contributed by atoms with E-state index in [1.165, 1.54) is 6.42 Å². The van der Waals surface area contributed by atoms with Gasteiger partial charge >= 0.3 is 0 Å². The van der Waals surface area contributed by atoms with Crippen LogP contribution in [0.2, 0.25) is 0 Å². The predicted octanol–water partition coefficient (Wildman–Crippen LogP) is 0.851. The first-order valence-corrected chi connectivity index (χ1v) is 5.92. The van der Waals surface area contributed by atoms with Gasteiger partial charge in [0.15, 0.2) is 3.92 Å². The minimum absolute atomic E-state index is 0.682. The molecule has 3 fully saturated rings. The maximum atomic E-state index is 4.11. The molecule has 2 bridgehead atoms. The molecule has 2 unspecified atom stereocenters. The SMILES string of the molecule is Brc1nnc(N2CC3CC(C2)N3)s1. The fraction of sp³-hybridized carbons (Fsp3) is 0.714. The van der Waals surface area contributed by atoms with Crippen LogP contribution in [-0.4, -0.2) is 35.4 Å². The number of nitrogens with zero attached hydrogens (tertiary/aromatic N) is 3. The van der Waals surface area contributed by atoms with Crippen LogP contribution in [0.3, 0.4) is 0 Å². The Hall–Kier alpha value is -0.200. The molecular formula is C7H9BrN4S. The highest BCUT2D eigenvalue weighted by Crippen LogP contribution is 2.29. The van der Waals surface area contributed by atoms with E-state index < -0.39 is 0 Å². The number of rotatable bonds is 1. The minimum atomic E-state index is 0.682. The van der Waals surface area contributed by atoms with Crippen LogP contribution < -0.4 is 10.2 Å². The zero-order valence-corrected chi connectivity index (χ0v) is 9.31. The van der Waals surface area contributed by atoms with Crippen LogP contribution in [0, 0.1) is 0 Å². The van der Waals surface area contributed by atoms with Gasteiger partial charge < -0.3 is 10.2 Å². The lowest BCUT2D eigenvalue weighted by molar-refractivity contribution is 0.225. The summed E-state index contributed by atoms with van der Waals surface area (Å²) < 4.78 is 0.870. The first-order valence-electron chi connectivity index (χ1n) is 4.31. The van der Waals surface area contributed by atoms with Crippen molar-refractivity contribution >= 4 is 32.4 Å². The van der Waals surface area contributed by atoms with Crippen molar-refractivity contribution in [3.8, 4) is 0 Å². The van der Waals surface area contributed by atoms with Crippen LogP contribution in [-0.2, 0) is 0 Å². The summed E-state index contributed by atoms with van der Waals surface area (Å²) in [5.41, 5.74) is 0. The van der Waals surface area contributed by atoms with Crippen LogP contribution in [0.5, 0.6) is 0 Å². The lowest BCUT2D eigenvalue weighted by atomic mass is 9.92. The van der Waals surface area contributed by atoms with Crippen LogP contribution in [0.4, 0.5) is 5.13 Å². The summed E-state index contributed by atoms with van der Waals surface area (Å²) in [4.78, 5) is 2.32.